The van der Waals surface area contributed by atoms with E-state index in [1.807, 2.05) is 13.0 Å². The SMILES string of the molecule is CCNCc1c(F)cccc1N(CCOC)CC(C)C. The Labute approximate surface area is 122 Å². The number of hydrogen-bond acceptors (Lipinski definition) is 3. The molecular formula is C16H27FN2O. The van der Waals surface area contributed by atoms with E-state index in [0.29, 0.717) is 19.1 Å². The zero-order valence-corrected chi connectivity index (χ0v) is 13.1. The van der Waals surface area contributed by atoms with Crippen molar-refractivity contribution in [3.63, 3.8) is 0 Å². The summed E-state index contributed by atoms with van der Waals surface area (Å²) in [6, 6.07) is 5.30. The standard InChI is InChI=1S/C16H27FN2O/c1-5-18-11-14-15(17)7-6-8-16(14)19(9-10-20-4)12-13(2)3/h6-8,13,18H,5,9-12H2,1-4H3. The molecule has 0 spiro atoms. The fraction of sp³-hybridized carbons (Fsp3) is 0.625. The molecule has 0 bridgehead atoms. The van der Waals surface area contributed by atoms with E-state index in [9.17, 15) is 4.39 Å². The lowest BCUT2D eigenvalue weighted by Gasteiger charge is -2.29. The van der Waals surface area contributed by atoms with Crippen molar-refractivity contribution in [3.05, 3.63) is 29.6 Å². The van der Waals surface area contributed by atoms with Gasteiger partial charge in [-0.25, -0.2) is 4.39 Å². The molecule has 0 aliphatic rings. The molecule has 0 aliphatic carbocycles. The van der Waals surface area contributed by atoms with Crippen molar-refractivity contribution < 1.29 is 9.13 Å². The van der Waals surface area contributed by atoms with E-state index in [1.165, 1.54) is 6.07 Å². The molecule has 0 radical (unpaired) electrons. The highest BCUT2D eigenvalue weighted by Crippen LogP contribution is 2.24. The van der Waals surface area contributed by atoms with E-state index in [0.717, 1.165) is 30.9 Å². The van der Waals surface area contributed by atoms with Crippen LogP contribution in [0.1, 0.15) is 26.3 Å². The van der Waals surface area contributed by atoms with Crippen LogP contribution >= 0.6 is 0 Å². The largest absolute Gasteiger partial charge is 0.383 e. The first-order valence-corrected chi connectivity index (χ1v) is 7.32. The van der Waals surface area contributed by atoms with Crippen molar-refractivity contribution in [3.8, 4) is 0 Å². The average Bonchev–Trinajstić information content (AvgIpc) is 2.41. The highest BCUT2D eigenvalue weighted by atomic mass is 19.1. The fourth-order valence-electron chi connectivity index (χ4n) is 2.22. The van der Waals surface area contributed by atoms with E-state index in [4.69, 9.17) is 4.74 Å². The lowest BCUT2D eigenvalue weighted by atomic mass is 10.1. The Bertz CT molecular complexity index is 396. The smallest absolute Gasteiger partial charge is 0.129 e. The van der Waals surface area contributed by atoms with Gasteiger partial charge in [0.1, 0.15) is 5.82 Å². The van der Waals surface area contributed by atoms with Crippen LogP contribution in [0.3, 0.4) is 0 Å². The zero-order valence-electron chi connectivity index (χ0n) is 13.1. The predicted octanol–water partition coefficient (Wildman–Crippen LogP) is 3.04. The molecule has 0 saturated heterocycles. The number of nitrogens with one attached hydrogen (secondary N) is 1. The Morgan fingerprint density at radius 1 is 1.35 bits per heavy atom. The molecule has 0 fully saturated rings. The molecule has 0 heterocycles. The van der Waals surface area contributed by atoms with Gasteiger partial charge in [-0.3, -0.25) is 0 Å². The highest BCUT2D eigenvalue weighted by molar-refractivity contribution is 5.54. The molecule has 3 nitrogen and oxygen atoms in total. The van der Waals surface area contributed by atoms with E-state index >= 15 is 0 Å². The van der Waals surface area contributed by atoms with Crippen LogP contribution in [0.25, 0.3) is 0 Å². The quantitative estimate of drug-likeness (QED) is 0.753. The van der Waals surface area contributed by atoms with Crippen molar-refractivity contribution in [2.24, 2.45) is 5.92 Å². The van der Waals surface area contributed by atoms with E-state index < -0.39 is 0 Å². The molecule has 0 aliphatic heterocycles. The normalized spacial score (nSPS) is 11.1. The van der Waals surface area contributed by atoms with Crippen LogP contribution in [0.5, 0.6) is 0 Å². The van der Waals surface area contributed by atoms with Gasteiger partial charge < -0.3 is 15.0 Å². The van der Waals surface area contributed by atoms with Gasteiger partial charge in [0.25, 0.3) is 0 Å². The van der Waals surface area contributed by atoms with E-state index in [2.05, 4.69) is 24.1 Å². The third kappa shape index (κ3) is 5.10. The van der Waals surface area contributed by atoms with Crippen molar-refractivity contribution in [2.45, 2.75) is 27.3 Å². The first-order valence-electron chi connectivity index (χ1n) is 7.32. The van der Waals surface area contributed by atoms with Gasteiger partial charge in [0.05, 0.1) is 6.61 Å². The lowest BCUT2D eigenvalue weighted by molar-refractivity contribution is 0.204. The topological polar surface area (TPSA) is 24.5 Å². The molecule has 0 amide bonds. The summed E-state index contributed by atoms with van der Waals surface area (Å²) < 4.78 is 19.3. The van der Waals surface area contributed by atoms with Gasteiger partial charge in [0, 0.05) is 38.0 Å². The maximum Gasteiger partial charge on any atom is 0.129 e. The highest BCUT2D eigenvalue weighted by Gasteiger charge is 2.15. The zero-order chi connectivity index (χ0) is 15.0. The predicted molar refractivity (Wildman–Crippen MR) is 82.7 cm³/mol. The van der Waals surface area contributed by atoms with Gasteiger partial charge in [-0.05, 0) is 24.6 Å². The van der Waals surface area contributed by atoms with Crippen LogP contribution in [0.4, 0.5) is 10.1 Å². The fourth-order valence-corrected chi connectivity index (χ4v) is 2.22. The number of ether oxygens (including phenoxy) is 1. The Morgan fingerprint density at radius 2 is 2.10 bits per heavy atom. The summed E-state index contributed by atoms with van der Waals surface area (Å²) in [7, 11) is 1.69. The number of rotatable bonds is 9. The van der Waals surface area contributed by atoms with Crippen LogP contribution in [-0.2, 0) is 11.3 Å². The van der Waals surface area contributed by atoms with Crippen LogP contribution < -0.4 is 10.2 Å². The molecule has 20 heavy (non-hydrogen) atoms. The summed E-state index contributed by atoms with van der Waals surface area (Å²) in [6.07, 6.45) is 0. The van der Waals surface area contributed by atoms with Crippen molar-refractivity contribution in [2.75, 3.05) is 38.3 Å². The van der Waals surface area contributed by atoms with Gasteiger partial charge >= 0.3 is 0 Å². The summed E-state index contributed by atoms with van der Waals surface area (Å²) in [5.41, 5.74) is 1.71. The summed E-state index contributed by atoms with van der Waals surface area (Å²) in [6.45, 7) is 10.1. The van der Waals surface area contributed by atoms with Gasteiger partial charge in [-0.1, -0.05) is 26.8 Å². The van der Waals surface area contributed by atoms with Gasteiger partial charge in [0.15, 0.2) is 0 Å². The number of hydrogen-bond donors (Lipinski definition) is 1. The van der Waals surface area contributed by atoms with E-state index in [1.54, 1.807) is 13.2 Å². The van der Waals surface area contributed by atoms with Crippen molar-refractivity contribution in [1.82, 2.24) is 5.32 Å². The molecule has 114 valence electrons. The molecule has 1 N–H and O–H groups in total. The Balaban J connectivity index is 3.00. The van der Waals surface area contributed by atoms with Gasteiger partial charge in [-0.15, -0.1) is 0 Å². The van der Waals surface area contributed by atoms with Gasteiger partial charge in [0.2, 0.25) is 0 Å². The lowest BCUT2D eigenvalue weighted by Crippen LogP contribution is -2.32. The summed E-state index contributed by atoms with van der Waals surface area (Å²) in [5.74, 6) is 0.372. The molecule has 1 aromatic rings. The van der Waals surface area contributed by atoms with Crippen LogP contribution in [-0.4, -0.2) is 33.4 Å². The Morgan fingerprint density at radius 3 is 2.70 bits per heavy atom. The van der Waals surface area contributed by atoms with Crippen molar-refractivity contribution >= 4 is 5.69 Å². The second-order valence-electron chi connectivity index (χ2n) is 5.35. The first-order chi connectivity index (χ1) is 9.60. The molecule has 0 aromatic heterocycles. The molecule has 0 unspecified atom stereocenters. The van der Waals surface area contributed by atoms with E-state index in [-0.39, 0.29) is 5.82 Å². The minimum atomic E-state index is -0.144. The van der Waals surface area contributed by atoms with Crippen molar-refractivity contribution in [1.29, 1.82) is 0 Å². The number of halogens is 1. The number of benzene rings is 1. The maximum atomic E-state index is 14.1. The summed E-state index contributed by atoms with van der Waals surface area (Å²) in [5, 5.41) is 3.21. The number of methoxy groups -OCH3 is 1. The second-order valence-corrected chi connectivity index (χ2v) is 5.35. The van der Waals surface area contributed by atoms with Crippen LogP contribution in [0.2, 0.25) is 0 Å². The Hall–Kier alpha value is -1.13. The minimum absolute atomic E-state index is 0.144. The average molecular weight is 282 g/mol. The van der Waals surface area contributed by atoms with Crippen LogP contribution in [0, 0.1) is 11.7 Å². The minimum Gasteiger partial charge on any atom is -0.383 e. The first kappa shape index (κ1) is 16.9. The Kier molecular flexibility index (Phi) is 7.55. The van der Waals surface area contributed by atoms with Crippen LogP contribution in [0.15, 0.2) is 18.2 Å². The molecule has 4 heteroatoms. The maximum absolute atomic E-state index is 14.1. The molecule has 0 atom stereocenters. The third-order valence-corrected chi connectivity index (χ3v) is 3.14. The summed E-state index contributed by atoms with van der Waals surface area (Å²) >= 11 is 0. The third-order valence-electron chi connectivity index (χ3n) is 3.14. The molecule has 0 saturated carbocycles. The summed E-state index contributed by atoms with van der Waals surface area (Å²) in [4.78, 5) is 2.21. The number of anilines is 1. The monoisotopic (exact) mass is 282 g/mol. The molecule has 1 rings (SSSR count). The number of nitrogens with zero attached hydrogens (tertiary/aromatic N) is 1. The molecule has 1 aromatic carbocycles. The second kappa shape index (κ2) is 8.93. The molecular weight excluding hydrogens is 255 g/mol. The van der Waals surface area contributed by atoms with Gasteiger partial charge in [-0.2, -0.15) is 0 Å².